The number of aryl methyl sites for hydroxylation is 2. The van der Waals surface area contributed by atoms with Crippen molar-refractivity contribution in [2.75, 3.05) is 5.32 Å². The summed E-state index contributed by atoms with van der Waals surface area (Å²) in [6.45, 7) is 9.20. The van der Waals surface area contributed by atoms with Gasteiger partial charge in [-0.25, -0.2) is 9.78 Å². The van der Waals surface area contributed by atoms with Crippen molar-refractivity contribution in [2.45, 2.75) is 46.6 Å². The van der Waals surface area contributed by atoms with Gasteiger partial charge < -0.3 is 10.4 Å². The van der Waals surface area contributed by atoms with E-state index < -0.39 is 17.6 Å². The third kappa shape index (κ3) is 3.80. The highest BCUT2D eigenvalue weighted by Gasteiger charge is 2.26. The molecule has 1 amide bonds. The summed E-state index contributed by atoms with van der Waals surface area (Å²) in [5.74, 6) is -1.23. The van der Waals surface area contributed by atoms with Crippen molar-refractivity contribution < 1.29 is 14.7 Å². The van der Waals surface area contributed by atoms with Gasteiger partial charge in [-0.3, -0.25) is 14.2 Å². The molecule has 1 aromatic carbocycles. The summed E-state index contributed by atoms with van der Waals surface area (Å²) in [5, 5.41) is 13.8. The molecule has 29 heavy (non-hydrogen) atoms. The van der Waals surface area contributed by atoms with Crippen molar-refractivity contribution in [2.24, 2.45) is 0 Å². The number of nitrogens with zero attached hydrogens (tertiary/aromatic N) is 2. The van der Waals surface area contributed by atoms with Gasteiger partial charge >= 0.3 is 5.97 Å². The standard InChI is InChI=1S/C21H23N3O4S/c1-10(2)17-23-19-16(14(9-29-19)21(27)28)20(26)24(17)13(5)18(25)22-15-8-11(3)6-7-12(15)4/h6-10,13H,1-5H3,(H,22,25)(H,27,28). The van der Waals surface area contributed by atoms with Gasteiger partial charge in [0, 0.05) is 17.0 Å². The lowest BCUT2D eigenvalue weighted by Crippen LogP contribution is -2.35. The van der Waals surface area contributed by atoms with E-state index in [4.69, 9.17) is 0 Å². The Balaban J connectivity index is 2.12. The monoisotopic (exact) mass is 413 g/mol. The number of hydrogen-bond acceptors (Lipinski definition) is 5. The lowest BCUT2D eigenvalue weighted by molar-refractivity contribution is -0.119. The molecule has 0 spiro atoms. The number of benzene rings is 1. The van der Waals surface area contributed by atoms with Crippen LogP contribution in [-0.4, -0.2) is 26.5 Å². The number of carboxylic acids is 1. The summed E-state index contributed by atoms with van der Waals surface area (Å²) in [7, 11) is 0. The molecule has 2 heterocycles. The first-order valence-corrected chi connectivity index (χ1v) is 10.1. The number of amides is 1. The van der Waals surface area contributed by atoms with Gasteiger partial charge in [-0.15, -0.1) is 11.3 Å². The molecule has 1 unspecified atom stereocenters. The molecule has 0 aliphatic rings. The van der Waals surface area contributed by atoms with Crippen LogP contribution in [-0.2, 0) is 4.79 Å². The maximum atomic E-state index is 13.2. The maximum absolute atomic E-state index is 13.2. The number of aromatic carboxylic acids is 1. The zero-order valence-electron chi connectivity index (χ0n) is 16.9. The minimum atomic E-state index is -1.19. The van der Waals surface area contributed by atoms with Crippen LogP contribution in [0.1, 0.15) is 60.0 Å². The van der Waals surface area contributed by atoms with Crippen LogP contribution in [0.4, 0.5) is 5.69 Å². The number of rotatable bonds is 5. The zero-order chi connectivity index (χ0) is 21.5. The highest BCUT2D eigenvalue weighted by Crippen LogP contribution is 2.26. The summed E-state index contributed by atoms with van der Waals surface area (Å²) >= 11 is 1.12. The van der Waals surface area contributed by atoms with E-state index in [1.807, 2.05) is 45.9 Å². The van der Waals surface area contributed by atoms with Crippen molar-refractivity contribution in [3.63, 3.8) is 0 Å². The summed E-state index contributed by atoms with van der Waals surface area (Å²) in [6.07, 6.45) is 0. The Bertz CT molecular complexity index is 1180. The van der Waals surface area contributed by atoms with Crippen LogP contribution < -0.4 is 10.9 Å². The number of thiophene rings is 1. The first-order valence-electron chi connectivity index (χ1n) is 9.26. The molecule has 152 valence electrons. The molecule has 0 saturated heterocycles. The summed E-state index contributed by atoms with van der Waals surface area (Å²) < 4.78 is 1.31. The van der Waals surface area contributed by atoms with Crippen molar-refractivity contribution in [1.82, 2.24) is 9.55 Å². The van der Waals surface area contributed by atoms with Gasteiger partial charge in [-0.1, -0.05) is 26.0 Å². The SMILES string of the molecule is Cc1ccc(C)c(NC(=O)C(C)n2c(C(C)C)nc3scc(C(=O)O)c3c2=O)c1. The quantitative estimate of drug-likeness (QED) is 0.656. The second kappa shape index (κ2) is 7.79. The number of aromatic nitrogens is 2. The van der Waals surface area contributed by atoms with Crippen LogP contribution >= 0.6 is 11.3 Å². The molecule has 0 aliphatic heterocycles. The van der Waals surface area contributed by atoms with E-state index in [1.54, 1.807) is 6.92 Å². The Kier molecular flexibility index (Phi) is 5.57. The van der Waals surface area contributed by atoms with Gasteiger partial charge in [0.1, 0.15) is 16.7 Å². The Morgan fingerprint density at radius 3 is 2.52 bits per heavy atom. The van der Waals surface area contributed by atoms with E-state index in [9.17, 15) is 19.5 Å². The summed E-state index contributed by atoms with van der Waals surface area (Å²) in [4.78, 5) is 42.6. The van der Waals surface area contributed by atoms with Crippen molar-refractivity contribution in [1.29, 1.82) is 0 Å². The number of fused-ring (bicyclic) bond motifs is 1. The average Bonchev–Trinajstić information content (AvgIpc) is 3.08. The molecule has 3 aromatic rings. The largest absolute Gasteiger partial charge is 0.478 e. The summed E-state index contributed by atoms with van der Waals surface area (Å²) in [5.41, 5.74) is 1.99. The molecule has 0 bridgehead atoms. The van der Waals surface area contributed by atoms with Gasteiger partial charge in [-0.2, -0.15) is 0 Å². The molecule has 0 radical (unpaired) electrons. The Labute approximate surface area is 172 Å². The van der Waals surface area contributed by atoms with Crippen molar-refractivity contribution in [3.8, 4) is 0 Å². The normalized spacial score (nSPS) is 12.3. The predicted octanol–water partition coefficient (Wildman–Crippen LogP) is 4.10. The Hall–Kier alpha value is -3.00. The molecule has 2 N–H and O–H groups in total. The minimum Gasteiger partial charge on any atom is -0.478 e. The predicted molar refractivity (Wildman–Crippen MR) is 114 cm³/mol. The fourth-order valence-electron chi connectivity index (χ4n) is 3.18. The van der Waals surface area contributed by atoms with E-state index in [0.717, 1.165) is 22.5 Å². The number of carboxylic acid groups (broad SMARTS) is 1. The number of carbonyl (C=O) groups is 2. The van der Waals surface area contributed by atoms with E-state index in [0.29, 0.717) is 16.3 Å². The summed E-state index contributed by atoms with van der Waals surface area (Å²) in [6, 6.07) is 4.88. The van der Waals surface area contributed by atoms with E-state index in [-0.39, 0.29) is 22.8 Å². The third-order valence-electron chi connectivity index (χ3n) is 4.83. The van der Waals surface area contributed by atoms with E-state index >= 15 is 0 Å². The van der Waals surface area contributed by atoms with Gasteiger partial charge in [0.15, 0.2) is 0 Å². The maximum Gasteiger partial charge on any atom is 0.337 e. The Morgan fingerprint density at radius 1 is 1.21 bits per heavy atom. The van der Waals surface area contributed by atoms with Gasteiger partial charge in [-0.05, 0) is 38.0 Å². The molecular formula is C21H23N3O4S. The fraction of sp³-hybridized carbons (Fsp3) is 0.333. The highest BCUT2D eigenvalue weighted by molar-refractivity contribution is 7.17. The first-order chi connectivity index (χ1) is 13.6. The number of hydrogen-bond donors (Lipinski definition) is 2. The fourth-order valence-corrected chi connectivity index (χ4v) is 4.09. The number of carbonyl (C=O) groups excluding carboxylic acids is 1. The molecule has 8 heteroatoms. The van der Waals surface area contributed by atoms with Crippen molar-refractivity contribution in [3.05, 3.63) is 56.4 Å². The number of anilines is 1. The topological polar surface area (TPSA) is 101 Å². The van der Waals surface area contributed by atoms with Crippen LogP contribution in [0.15, 0.2) is 28.4 Å². The smallest absolute Gasteiger partial charge is 0.337 e. The van der Waals surface area contributed by atoms with E-state index in [2.05, 4.69) is 10.3 Å². The van der Waals surface area contributed by atoms with Crippen LogP contribution in [0.2, 0.25) is 0 Å². The first kappa shape index (κ1) is 20.7. The molecule has 0 fully saturated rings. The van der Waals surface area contributed by atoms with E-state index in [1.165, 1.54) is 9.95 Å². The third-order valence-corrected chi connectivity index (χ3v) is 5.70. The molecular weight excluding hydrogens is 390 g/mol. The van der Waals surface area contributed by atoms with Crippen LogP contribution in [0.3, 0.4) is 0 Å². The lowest BCUT2D eigenvalue weighted by atomic mass is 10.1. The van der Waals surface area contributed by atoms with Crippen LogP contribution in [0.5, 0.6) is 0 Å². The second-order valence-corrected chi connectivity index (χ2v) is 8.28. The highest BCUT2D eigenvalue weighted by atomic mass is 32.1. The zero-order valence-corrected chi connectivity index (χ0v) is 17.8. The van der Waals surface area contributed by atoms with Crippen LogP contribution in [0, 0.1) is 13.8 Å². The van der Waals surface area contributed by atoms with Gasteiger partial charge in [0.25, 0.3) is 5.56 Å². The van der Waals surface area contributed by atoms with Gasteiger partial charge in [0.2, 0.25) is 5.91 Å². The average molecular weight is 413 g/mol. The molecule has 0 saturated carbocycles. The lowest BCUT2D eigenvalue weighted by Gasteiger charge is -2.21. The molecule has 7 nitrogen and oxygen atoms in total. The molecule has 2 aromatic heterocycles. The molecule has 3 rings (SSSR count). The van der Waals surface area contributed by atoms with Gasteiger partial charge in [0.05, 0.1) is 10.9 Å². The second-order valence-electron chi connectivity index (χ2n) is 7.42. The van der Waals surface area contributed by atoms with Crippen LogP contribution in [0.25, 0.3) is 10.2 Å². The minimum absolute atomic E-state index is 0.0401. The number of nitrogens with one attached hydrogen (secondary N) is 1. The van der Waals surface area contributed by atoms with Crippen molar-refractivity contribution >= 4 is 39.1 Å². The molecule has 0 aliphatic carbocycles. The Morgan fingerprint density at radius 2 is 1.90 bits per heavy atom. The molecule has 1 atom stereocenters.